The Labute approximate surface area is 145 Å². The summed E-state index contributed by atoms with van der Waals surface area (Å²) in [6.07, 6.45) is 2.70. The number of hydrogen-bond acceptors (Lipinski definition) is 5. The number of ether oxygens (including phenoxy) is 1. The second-order valence-electron chi connectivity index (χ2n) is 5.81. The minimum atomic E-state index is -1.26. The van der Waals surface area contributed by atoms with Gasteiger partial charge in [-0.3, -0.25) is 0 Å². The predicted octanol–water partition coefficient (Wildman–Crippen LogP) is 3.14. The third-order valence-electron chi connectivity index (χ3n) is 3.94. The molecule has 6 heteroatoms. The summed E-state index contributed by atoms with van der Waals surface area (Å²) < 4.78 is 4.88. The van der Waals surface area contributed by atoms with Gasteiger partial charge < -0.3 is 9.84 Å². The first-order chi connectivity index (χ1) is 11.6. The maximum Gasteiger partial charge on any atom is 0.335 e. The molecule has 1 atom stereocenters. The Bertz CT molecular complexity index is 747. The minimum Gasteiger partial charge on any atom is -0.464 e. The summed E-state index contributed by atoms with van der Waals surface area (Å²) >= 11 is 6.28. The minimum absolute atomic E-state index is 0.0711. The quantitative estimate of drug-likeness (QED) is 0.813. The molecule has 5 nitrogen and oxygen atoms in total. The largest absolute Gasteiger partial charge is 0.464 e. The number of carbonyl (C=O) groups is 1. The van der Waals surface area contributed by atoms with Crippen molar-refractivity contribution in [1.29, 1.82) is 0 Å². The summed E-state index contributed by atoms with van der Waals surface area (Å²) in [4.78, 5) is 20.8. The molecule has 0 spiro atoms. The van der Waals surface area contributed by atoms with Crippen molar-refractivity contribution >= 4 is 17.6 Å². The molecule has 1 aromatic carbocycles. The second kappa shape index (κ2) is 7.28. The highest BCUT2D eigenvalue weighted by atomic mass is 35.5. The van der Waals surface area contributed by atoms with Gasteiger partial charge in [-0.05, 0) is 25.8 Å². The van der Waals surface area contributed by atoms with Crippen LogP contribution in [0.25, 0.3) is 11.1 Å². The third kappa shape index (κ3) is 3.74. The standard InChI is InChI=1S/C18H19ClN2O3/c1-2-24-18(23)16(22)9-15-13(12-5-3-4-6-14(12)19)10-20-17(21-15)11-7-8-11/h3-6,10-11,16,22H,2,7-9H2,1H3. The number of benzene rings is 1. The molecule has 0 aliphatic heterocycles. The van der Waals surface area contributed by atoms with Crippen molar-refractivity contribution in [3.63, 3.8) is 0 Å². The summed E-state index contributed by atoms with van der Waals surface area (Å²) in [6, 6.07) is 7.38. The number of aliphatic hydroxyl groups excluding tert-OH is 1. The Balaban J connectivity index is 1.96. The zero-order chi connectivity index (χ0) is 17.1. The Hall–Kier alpha value is -1.98. The molecule has 0 amide bonds. The molecular weight excluding hydrogens is 328 g/mol. The van der Waals surface area contributed by atoms with E-state index in [1.807, 2.05) is 18.2 Å². The molecule has 1 N–H and O–H groups in total. The van der Waals surface area contributed by atoms with E-state index in [1.54, 1.807) is 19.2 Å². The summed E-state index contributed by atoms with van der Waals surface area (Å²) in [5.74, 6) is 0.495. The fourth-order valence-corrected chi connectivity index (χ4v) is 2.77. The number of nitrogens with zero attached hydrogens (tertiary/aromatic N) is 2. The van der Waals surface area contributed by atoms with Gasteiger partial charge in [0.15, 0.2) is 6.10 Å². The number of carbonyl (C=O) groups excluding carboxylic acids is 1. The lowest BCUT2D eigenvalue weighted by atomic mass is 10.0. The highest BCUT2D eigenvalue weighted by Gasteiger charge is 2.28. The number of aliphatic hydroxyl groups is 1. The zero-order valence-corrected chi connectivity index (χ0v) is 14.2. The van der Waals surface area contributed by atoms with Crippen LogP contribution < -0.4 is 0 Å². The summed E-state index contributed by atoms with van der Waals surface area (Å²) in [6.45, 7) is 1.93. The summed E-state index contributed by atoms with van der Waals surface area (Å²) in [5.41, 5.74) is 2.13. The summed E-state index contributed by atoms with van der Waals surface area (Å²) in [5, 5.41) is 10.7. The maximum atomic E-state index is 11.8. The van der Waals surface area contributed by atoms with Crippen LogP contribution in [0.5, 0.6) is 0 Å². The van der Waals surface area contributed by atoms with Crippen LogP contribution in [0.3, 0.4) is 0 Å². The number of rotatable bonds is 6. The first-order valence-corrected chi connectivity index (χ1v) is 8.43. The van der Waals surface area contributed by atoms with Crippen molar-refractivity contribution in [3.8, 4) is 11.1 Å². The van der Waals surface area contributed by atoms with E-state index in [1.165, 1.54) is 0 Å². The maximum absolute atomic E-state index is 11.8. The lowest BCUT2D eigenvalue weighted by Gasteiger charge is -2.14. The Morgan fingerprint density at radius 3 is 2.79 bits per heavy atom. The molecule has 126 valence electrons. The van der Waals surface area contributed by atoms with Gasteiger partial charge in [0, 0.05) is 34.7 Å². The van der Waals surface area contributed by atoms with Crippen molar-refractivity contribution in [1.82, 2.24) is 9.97 Å². The van der Waals surface area contributed by atoms with Crippen molar-refractivity contribution in [2.24, 2.45) is 0 Å². The van der Waals surface area contributed by atoms with E-state index in [9.17, 15) is 9.90 Å². The normalized spacial score (nSPS) is 15.1. The highest BCUT2D eigenvalue weighted by Crippen LogP contribution is 2.39. The van der Waals surface area contributed by atoms with Crippen molar-refractivity contribution in [2.75, 3.05) is 6.61 Å². The van der Waals surface area contributed by atoms with Gasteiger partial charge in [0.25, 0.3) is 0 Å². The monoisotopic (exact) mass is 346 g/mol. The SMILES string of the molecule is CCOC(=O)C(O)Cc1nc(C2CC2)ncc1-c1ccccc1Cl. The van der Waals surface area contributed by atoms with Gasteiger partial charge in [-0.25, -0.2) is 14.8 Å². The third-order valence-corrected chi connectivity index (χ3v) is 4.27. The van der Waals surface area contributed by atoms with Crippen molar-refractivity contribution in [3.05, 3.63) is 47.0 Å². The van der Waals surface area contributed by atoms with Gasteiger partial charge in [-0.15, -0.1) is 0 Å². The van der Waals surface area contributed by atoms with Crippen LogP contribution in [-0.2, 0) is 16.0 Å². The van der Waals surface area contributed by atoms with Crippen molar-refractivity contribution < 1.29 is 14.6 Å². The van der Waals surface area contributed by atoms with E-state index in [4.69, 9.17) is 16.3 Å². The van der Waals surface area contributed by atoms with Gasteiger partial charge in [-0.2, -0.15) is 0 Å². The van der Waals surface area contributed by atoms with Crippen LogP contribution in [0.4, 0.5) is 0 Å². The molecule has 0 bridgehead atoms. The van der Waals surface area contributed by atoms with E-state index in [0.29, 0.717) is 16.6 Å². The topological polar surface area (TPSA) is 72.3 Å². The number of halogens is 1. The molecule has 1 heterocycles. The van der Waals surface area contributed by atoms with Crippen LogP contribution in [-0.4, -0.2) is 33.8 Å². The average molecular weight is 347 g/mol. The Morgan fingerprint density at radius 2 is 2.12 bits per heavy atom. The predicted molar refractivity (Wildman–Crippen MR) is 90.8 cm³/mol. The lowest BCUT2D eigenvalue weighted by molar-refractivity contribution is -0.152. The Morgan fingerprint density at radius 1 is 1.38 bits per heavy atom. The Kier molecular flexibility index (Phi) is 5.11. The van der Waals surface area contributed by atoms with Gasteiger partial charge in [-0.1, -0.05) is 29.8 Å². The van der Waals surface area contributed by atoms with Gasteiger partial charge in [0.1, 0.15) is 5.82 Å². The molecule has 1 aliphatic rings. The molecule has 0 radical (unpaired) electrons. The first kappa shape index (κ1) is 16.9. The molecule has 1 saturated carbocycles. The fraction of sp³-hybridized carbons (Fsp3) is 0.389. The zero-order valence-electron chi connectivity index (χ0n) is 13.4. The summed E-state index contributed by atoms with van der Waals surface area (Å²) in [7, 11) is 0. The molecule has 24 heavy (non-hydrogen) atoms. The van der Waals surface area contributed by atoms with Gasteiger partial charge in [0.2, 0.25) is 0 Å². The molecule has 1 fully saturated rings. The fourth-order valence-electron chi connectivity index (χ4n) is 2.54. The van der Waals surface area contributed by atoms with E-state index in [0.717, 1.165) is 29.8 Å². The average Bonchev–Trinajstić information content (AvgIpc) is 3.41. The first-order valence-electron chi connectivity index (χ1n) is 8.05. The number of esters is 1. The smallest absolute Gasteiger partial charge is 0.335 e. The van der Waals surface area contributed by atoms with E-state index >= 15 is 0 Å². The van der Waals surface area contributed by atoms with Crippen LogP contribution in [0.2, 0.25) is 5.02 Å². The number of aromatic nitrogens is 2. The van der Waals surface area contributed by atoms with E-state index in [2.05, 4.69) is 9.97 Å². The van der Waals surface area contributed by atoms with Crippen LogP contribution in [0, 0.1) is 0 Å². The molecule has 3 rings (SSSR count). The highest BCUT2D eigenvalue weighted by molar-refractivity contribution is 6.33. The molecule has 1 aromatic heterocycles. The van der Waals surface area contributed by atoms with Gasteiger partial charge in [0.05, 0.1) is 12.3 Å². The molecule has 2 aromatic rings. The lowest BCUT2D eigenvalue weighted by Crippen LogP contribution is -2.26. The van der Waals surface area contributed by atoms with Crippen LogP contribution >= 0.6 is 11.6 Å². The van der Waals surface area contributed by atoms with Crippen LogP contribution in [0.1, 0.15) is 37.2 Å². The van der Waals surface area contributed by atoms with Crippen LogP contribution in [0.15, 0.2) is 30.5 Å². The van der Waals surface area contributed by atoms with Crippen molar-refractivity contribution in [2.45, 2.75) is 38.2 Å². The second-order valence-corrected chi connectivity index (χ2v) is 6.22. The van der Waals surface area contributed by atoms with E-state index in [-0.39, 0.29) is 13.0 Å². The van der Waals surface area contributed by atoms with Gasteiger partial charge >= 0.3 is 5.97 Å². The molecule has 0 saturated heterocycles. The molecule has 1 unspecified atom stereocenters. The molecule has 1 aliphatic carbocycles. The van der Waals surface area contributed by atoms with E-state index < -0.39 is 12.1 Å². The molecular formula is C18H19ClN2O3. The number of hydrogen-bond donors (Lipinski definition) is 1.